The van der Waals surface area contributed by atoms with Gasteiger partial charge in [-0.25, -0.2) is 9.97 Å². The van der Waals surface area contributed by atoms with Crippen LogP contribution in [-0.2, 0) is 0 Å². The Labute approximate surface area is 77.5 Å². The summed E-state index contributed by atoms with van der Waals surface area (Å²) >= 11 is 0. The smallest absolute Gasteiger partial charge is 0.316 e. The molecular formula is C10H12N2O. The molecule has 2 rings (SSSR count). The molecule has 1 aromatic heterocycles. The first-order valence-corrected chi connectivity index (χ1v) is 4.45. The number of hydrogen-bond donors (Lipinski definition) is 0. The molecule has 3 heteroatoms. The monoisotopic (exact) mass is 176 g/mol. The summed E-state index contributed by atoms with van der Waals surface area (Å²) < 4.78 is 4.89. The molecule has 0 fully saturated rings. The Kier molecular flexibility index (Phi) is 2.25. The second kappa shape index (κ2) is 3.56. The first-order valence-electron chi connectivity index (χ1n) is 4.45. The van der Waals surface area contributed by atoms with E-state index in [1.54, 1.807) is 7.11 Å². The molecule has 0 saturated carbocycles. The van der Waals surface area contributed by atoms with Gasteiger partial charge in [-0.1, -0.05) is 6.08 Å². The molecule has 0 radical (unpaired) electrons. The molecule has 0 saturated heterocycles. The summed E-state index contributed by atoms with van der Waals surface area (Å²) in [7, 11) is 1.57. The number of nitrogens with zero attached hydrogens (tertiary/aromatic N) is 2. The van der Waals surface area contributed by atoms with Crippen LogP contribution in [0.4, 0.5) is 0 Å². The van der Waals surface area contributed by atoms with Crippen molar-refractivity contribution in [3.8, 4) is 6.01 Å². The highest BCUT2D eigenvalue weighted by Gasteiger charge is 2.07. The van der Waals surface area contributed by atoms with Crippen LogP contribution < -0.4 is 4.74 Å². The van der Waals surface area contributed by atoms with Crippen LogP contribution in [-0.4, -0.2) is 17.1 Å². The number of aromatic nitrogens is 2. The number of ether oxygens (including phenoxy) is 1. The van der Waals surface area contributed by atoms with E-state index in [0.29, 0.717) is 6.01 Å². The zero-order valence-corrected chi connectivity index (χ0v) is 7.66. The van der Waals surface area contributed by atoms with Gasteiger partial charge in [-0.3, -0.25) is 0 Å². The van der Waals surface area contributed by atoms with Crippen molar-refractivity contribution < 1.29 is 4.74 Å². The van der Waals surface area contributed by atoms with Gasteiger partial charge in [-0.2, -0.15) is 0 Å². The maximum Gasteiger partial charge on any atom is 0.316 e. The number of allylic oxidation sites excluding steroid dienone is 2. The minimum atomic E-state index is 0.433. The van der Waals surface area contributed by atoms with Crippen molar-refractivity contribution in [3.63, 3.8) is 0 Å². The van der Waals surface area contributed by atoms with Gasteiger partial charge in [0, 0.05) is 18.0 Å². The largest absolute Gasteiger partial charge is 0.467 e. The van der Waals surface area contributed by atoms with E-state index < -0.39 is 0 Å². The Morgan fingerprint density at radius 1 is 1.31 bits per heavy atom. The van der Waals surface area contributed by atoms with E-state index in [2.05, 4.69) is 16.0 Å². The summed E-state index contributed by atoms with van der Waals surface area (Å²) in [5, 5.41) is 0. The van der Waals surface area contributed by atoms with Gasteiger partial charge in [0.25, 0.3) is 0 Å². The van der Waals surface area contributed by atoms with E-state index in [1.165, 1.54) is 18.4 Å². The van der Waals surface area contributed by atoms with E-state index in [4.69, 9.17) is 4.74 Å². The molecule has 1 aliphatic rings. The van der Waals surface area contributed by atoms with Crippen LogP contribution in [0.5, 0.6) is 6.01 Å². The minimum Gasteiger partial charge on any atom is -0.467 e. The summed E-state index contributed by atoms with van der Waals surface area (Å²) in [6.07, 6.45) is 9.48. The highest BCUT2D eigenvalue weighted by molar-refractivity contribution is 5.65. The third kappa shape index (κ3) is 1.69. The average Bonchev–Trinajstić information content (AvgIpc) is 2.71. The van der Waals surface area contributed by atoms with Gasteiger partial charge < -0.3 is 4.74 Å². The summed E-state index contributed by atoms with van der Waals surface area (Å²) in [5.41, 5.74) is 2.49. The molecule has 3 nitrogen and oxygen atoms in total. The van der Waals surface area contributed by atoms with Crippen molar-refractivity contribution in [2.45, 2.75) is 19.3 Å². The molecule has 0 unspecified atom stereocenters. The molecule has 1 aromatic rings. The van der Waals surface area contributed by atoms with Crippen LogP contribution in [0.2, 0.25) is 0 Å². The molecule has 0 amide bonds. The van der Waals surface area contributed by atoms with Crippen LogP contribution in [0, 0.1) is 0 Å². The predicted octanol–water partition coefficient (Wildman–Crippen LogP) is 2.05. The highest BCUT2D eigenvalue weighted by atomic mass is 16.5. The van der Waals surface area contributed by atoms with Gasteiger partial charge in [0.2, 0.25) is 0 Å². The first-order chi connectivity index (χ1) is 6.40. The summed E-state index contributed by atoms with van der Waals surface area (Å²) in [4.78, 5) is 8.14. The van der Waals surface area contributed by atoms with Gasteiger partial charge >= 0.3 is 6.01 Å². The highest BCUT2D eigenvalue weighted by Crippen LogP contribution is 2.26. The molecule has 0 bridgehead atoms. The molecule has 68 valence electrons. The quantitative estimate of drug-likeness (QED) is 0.691. The molecular weight excluding hydrogens is 164 g/mol. The van der Waals surface area contributed by atoms with Crippen LogP contribution in [0.25, 0.3) is 5.57 Å². The van der Waals surface area contributed by atoms with Crippen molar-refractivity contribution in [1.29, 1.82) is 0 Å². The zero-order valence-electron chi connectivity index (χ0n) is 7.66. The van der Waals surface area contributed by atoms with Gasteiger partial charge in [0.15, 0.2) is 0 Å². The topological polar surface area (TPSA) is 35.0 Å². The summed E-state index contributed by atoms with van der Waals surface area (Å²) in [6.45, 7) is 0. The zero-order chi connectivity index (χ0) is 9.10. The lowest BCUT2D eigenvalue weighted by Crippen LogP contribution is -1.92. The van der Waals surface area contributed by atoms with Crippen molar-refractivity contribution in [3.05, 3.63) is 24.0 Å². The van der Waals surface area contributed by atoms with Crippen LogP contribution >= 0.6 is 0 Å². The van der Waals surface area contributed by atoms with Gasteiger partial charge in [0.1, 0.15) is 0 Å². The van der Waals surface area contributed by atoms with E-state index in [9.17, 15) is 0 Å². The third-order valence-corrected chi connectivity index (χ3v) is 2.22. The maximum atomic E-state index is 4.89. The molecule has 0 aliphatic heterocycles. The van der Waals surface area contributed by atoms with E-state index in [1.807, 2.05) is 12.4 Å². The van der Waals surface area contributed by atoms with Crippen molar-refractivity contribution in [2.24, 2.45) is 0 Å². The Balaban J connectivity index is 2.22. The standard InChI is InChI=1S/C10H12N2O/c1-13-10-11-6-9(7-12-10)8-4-2-3-5-8/h4,6-7H,2-3,5H2,1H3. The summed E-state index contributed by atoms with van der Waals surface area (Å²) in [6, 6.07) is 0.433. The Bertz CT molecular complexity index is 316. The summed E-state index contributed by atoms with van der Waals surface area (Å²) in [5.74, 6) is 0. The SMILES string of the molecule is COc1ncc(C2=CCCC2)cn1. The Hall–Kier alpha value is -1.38. The fourth-order valence-electron chi connectivity index (χ4n) is 1.52. The van der Waals surface area contributed by atoms with E-state index >= 15 is 0 Å². The molecule has 0 spiro atoms. The number of methoxy groups -OCH3 is 1. The molecule has 1 heterocycles. The van der Waals surface area contributed by atoms with Gasteiger partial charge in [-0.05, 0) is 24.8 Å². The molecule has 0 N–H and O–H groups in total. The molecule has 0 aromatic carbocycles. The number of hydrogen-bond acceptors (Lipinski definition) is 3. The van der Waals surface area contributed by atoms with Crippen LogP contribution in [0.3, 0.4) is 0 Å². The Morgan fingerprint density at radius 3 is 2.62 bits per heavy atom. The molecule has 13 heavy (non-hydrogen) atoms. The fraction of sp³-hybridized carbons (Fsp3) is 0.400. The van der Waals surface area contributed by atoms with E-state index in [-0.39, 0.29) is 0 Å². The van der Waals surface area contributed by atoms with Crippen molar-refractivity contribution >= 4 is 5.57 Å². The fourth-order valence-corrected chi connectivity index (χ4v) is 1.52. The van der Waals surface area contributed by atoms with Crippen LogP contribution in [0.15, 0.2) is 18.5 Å². The lowest BCUT2D eigenvalue weighted by atomic mass is 10.1. The third-order valence-electron chi connectivity index (χ3n) is 2.22. The number of rotatable bonds is 2. The van der Waals surface area contributed by atoms with E-state index in [0.717, 1.165) is 12.0 Å². The van der Waals surface area contributed by atoms with Crippen molar-refractivity contribution in [1.82, 2.24) is 9.97 Å². The van der Waals surface area contributed by atoms with Gasteiger partial charge in [0.05, 0.1) is 7.11 Å². The van der Waals surface area contributed by atoms with Gasteiger partial charge in [-0.15, -0.1) is 0 Å². The molecule has 0 atom stereocenters. The van der Waals surface area contributed by atoms with Crippen molar-refractivity contribution in [2.75, 3.05) is 7.11 Å². The normalized spacial score (nSPS) is 15.6. The maximum absolute atomic E-state index is 4.89. The second-order valence-corrected chi connectivity index (χ2v) is 3.08. The lowest BCUT2D eigenvalue weighted by Gasteiger charge is -2.01. The van der Waals surface area contributed by atoms with Crippen LogP contribution in [0.1, 0.15) is 24.8 Å². The lowest BCUT2D eigenvalue weighted by molar-refractivity contribution is 0.379. The molecule has 1 aliphatic carbocycles. The minimum absolute atomic E-state index is 0.433. The predicted molar refractivity (Wildman–Crippen MR) is 50.4 cm³/mol. The average molecular weight is 176 g/mol. The first kappa shape index (κ1) is 8.23. The second-order valence-electron chi connectivity index (χ2n) is 3.08. The Morgan fingerprint density at radius 2 is 2.08 bits per heavy atom.